The van der Waals surface area contributed by atoms with Crippen molar-refractivity contribution in [3.8, 4) is 0 Å². The number of benzene rings is 1. The summed E-state index contributed by atoms with van der Waals surface area (Å²) in [6.45, 7) is 4.37. The van der Waals surface area contributed by atoms with Crippen molar-refractivity contribution < 1.29 is 19.1 Å². The topological polar surface area (TPSA) is 55.8 Å². The van der Waals surface area contributed by atoms with Crippen molar-refractivity contribution in [1.82, 2.24) is 4.90 Å². The molecule has 0 aromatic heterocycles. The summed E-state index contributed by atoms with van der Waals surface area (Å²) in [6.07, 6.45) is -0.856. The third-order valence-corrected chi connectivity index (χ3v) is 4.60. The van der Waals surface area contributed by atoms with Crippen LogP contribution in [0.1, 0.15) is 25.8 Å². The van der Waals surface area contributed by atoms with Gasteiger partial charge in [0.2, 0.25) is 5.91 Å². The van der Waals surface area contributed by atoms with Gasteiger partial charge in [-0.05, 0) is 30.5 Å². The van der Waals surface area contributed by atoms with Gasteiger partial charge in [0.15, 0.2) is 6.23 Å². The monoisotopic (exact) mass is 393 g/mol. The van der Waals surface area contributed by atoms with E-state index in [0.717, 1.165) is 0 Å². The molecule has 24 heavy (non-hydrogen) atoms. The van der Waals surface area contributed by atoms with E-state index in [4.69, 9.17) is 44.3 Å². The molecule has 0 saturated carbocycles. The van der Waals surface area contributed by atoms with Crippen molar-refractivity contribution in [2.45, 2.75) is 32.9 Å². The standard InChI is InChI=1S/C16H18Cl3NO4/c1-3-23-16(22)24-15-4-9(2)8-20(15)14(21)7-11-12(18)5-10(17)6-13(11)19/h5-6,9,15H,3-4,7-8H2,1-2H3. The molecule has 8 heteroatoms. The van der Waals surface area contributed by atoms with Gasteiger partial charge in [0.05, 0.1) is 13.0 Å². The van der Waals surface area contributed by atoms with Crippen molar-refractivity contribution in [3.63, 3.8) is 0 Å². The number of nitrogens with zero attached hydrogens (tertiary/aromatic N) is 1. The average Bonchev–Trinajstić information content (AvgIpc) is 2.83. The first-order valence-corrected chi connectivity index (χ1v) is 8.71. The first-order valence-electron chi connectivity index (χ1n) is 7.58. The Labute approximate surface area is 155 Å². The molecular formula is C16H18Cl3NO4. The minimum atomic E-state index is -0.781. The summed E-state index contributed by atoms with van der Waals surface area (Å²) >= 11 is 18.1. The minimum absolute atomic E-state index is 0.00421. The van der Waals surface area contributed by atoms with Crippen LogP contribution in [-0.2, 0) is 20.7 Å². The second kappa shape index (κ2) is 8.28. The van der Waals surface area contributed by atoms with Crippen molar-refractivity contribution in [3.05, 3.63) is 32.8 Å². The number of likely N-dealkylation sites (tertiary alicyclic amines) is 1. The lowest BCUT2D eigenvalue weighted by Gasteiger charge is -2.24. The molecule has 1 aliphatic heterocycles. The van der Waals surface area contributed by atoms with Gasteiger partial charge in [0, 0.05) is 28.0 Å². The maximum absolute atomic E-state index is 12.6. The Balaban J connectivity index is 2.11. The van der Waals surface area contributed by atoms with Crippen LogP contribution in [0.5, 0.6) is 0 Å². The van der Waals surface area contributed by atoms with Gasteiger partial charge in [-0.2, -0.15) is 0 Å². The third-order valence-electron chi connectivity index (χ3n) is 3.71. The predicted molar refractivity (Wildman–Crippen MR) is 92.6 cm³/mol. The van der Waals surface area contributed by atoms with Crippen LogP contribution in [0.4, 0.5) is 4.79 Å². The molecule has 0 bridgehead atoms. The van der Waals surface area contributed by atoms with Gasteiger partial charge < -0.3 is 14.4 Å². The quantitative estimate of drug-likeness (QED) is 0.703. The van der Waals surface area contributed by atoms with Crippen LogP contribution in [-0.4, -0.2) is 36.3 Å². The van der Waals surface area contributed by atoms with E-state index in [9.17, 15) is 9.59 Å². The Hall–Kier alpha value is -1.17. The minimum Gasteiger partial charge on any atom is -0.435 e. The van der Waals surface area contributed by atoms with Gasteiger partial charge in [-0.25, -0.2) is 4.79 Å². The van der Waals surface area contributed by atoms with Crippen LogP contribution < -0.4 is 0 Å². The molecule has 2 rings (SSSR count). The lowest BCUT2D eigenvalue weighted by Crippen LogP contribution is -2.39. The molecule has 2 unspecified atom stereocenters. The Morgan fingerprint density at radius 3 is 2.46 bits per heavy atom. The summed E-state index contributed by atoms with van der Waals surface area (Å²) in [5, 5.41) is 1.06. The number of hydrogen-bond donors (Lipinski definition) is 0. The van der Waals surface area contributed by atoms with Crippen molar-refractivity contribution in [2.24, 2.45) is 5.92 Å². The lowest BCUT2D eigenvalue weighted by molar-refractivity contribution is -0.138. The number of carbonyl (C=O) groups is 2. The highest BCUT2D eigenvalue weighted by molar-refractivity contribution is 6.39. The molecular weight excluding hydrogens is 377 g/mol. The first kappa shape index (κ1) is 19.2. The van der Waals surface area contributed by atoms with Crippen molar-refractivity contribution in [1.29, 1.82) is 0 Å². The molecule has 1 amide bonds. The van der Waals surface area contributed by atoms with Crippen LogP contribution in [0.3, 0.4) is 0 Å². The maximum Gasteiger partial charge on any atom is 0.510 e. The first-order chi connectivity index (χ1) is 11.3. The van der Waals surface area contributed by atoms with E-state index >= 15 is 0 Å². The summed E-state index contributed by atoms with van der Waals surface area (Å²) in [6, 6.07) is 3.08. The average molecular weight is 395 g/mol. The molecule has 1 aromatic rings. The number of carbonyl (C=O) groups excluding carboxylic acids is 2. The fourth-order valence-corrected chi connectivity index (χ4v) is 3.58. The second-order valence-electron chi connectivity index (χ2n) is 5.67. The summed E-state index contributed by atoms with van der Waals surface area (Å²) in [5.74, 6) is -0.00990. The summed E-state index contributed by atoms with van der Waals surface area (Å²) in [7, 11) is 0. The Bertz CT molecular complexity index is 615. The molecule has 1 aromatic carbocycles. The zero-order chi connectivity index (χ0) is 17.9. The van der Waals surface area contributed by atoms with Crippen molar-refractivity contribution in [2.75, 3.05) is 13.2 Å². The molecule has 5 nitrogen and oxygen atoms in total. The third kappa shape index (κ3) is 4.68. The van der Waals surface area contributed by atoms with Gasteiger partial charge in [0.25, 0.3) is 0 Å². The van der Waals surface area contributed by atoms with Gasteiger partial charge >= 0.3 is 6.16 Å². The molecule has 2 atom stereocenters. The molecule has 132 valence electrons. The van der Waals surface area contributed by atoms with E-state index in [0.29, 0.717) is 33.6 Å². The molecule has 1 aliphatic rings. The molecule has 1 saturated heterocycles. The fourth-order valence-electron chi connectivity index (χ4n) is 2.63. The highest BCUT2D eigenvalue weighted by atomic mass is 35.5. The number of rotatable bonds is 4. The van der Waals surface area contributed by atoms with E-state index in [1.165, 1.54) is 17.0 Å². The summed E-state index contributed by atoms with van der Waals surface area (Å²) < 4.78 is 10.0. The van der Waals surface area contributed by atoms with Gasteiger partial charge in [0.1, 0.15) is 0 Å². The summed E-state index contributed by atoms with van der Waals surface area (Å²) in [5.41, 5.74) is 0.502. The van der Waals surface area contributed by atoms with Crippen LogP contribution >= 0.6 is 34.8 Å². The van der Waals surface area contributed by atoms with Crippen LogP contribution in [0.2, 0.25) is 15.1 Å². The molecule has 0 aliphatic carbocycles. The van der Waals surface area contributed by atoms with E-state index < -0.39 is 12.4 Å². The van der Waals surface area contributed by atoms with Crippen molar-refractivity contribution >= 4 is 46.9 Å². The molecule has 0 N–H and O–H groups in total. The van der Waals surface area contributed by atoms with E-state index in [-0.39, 0.29) is 24.9 Å². The zero-order valence-corrected chi connectivity index (χ0v) is 15.6. The van der Waals surface area contributed by atoms with E-state index in [2.05, 4.69) is 0 Å². The zero-order valence-electron chi connectivity index (χ0n) is 13.4. The van der Waals surface area contributed by atoms with Gasteiger partial charge in [-0.3, -0.25) is 4.79 Å². The number of amides is 1. The Morgan fingerprint density at radius 2 is 1.88 bits per heavy atom. The smallest absolute Gasteiger partial charge is 0.435 e. The highest BCUT2D eigenvalue weighted by Gasteiger charge is 2.36. The van der Waals surface area contributed by atoms with E-state index in [1.54, 1.807) is 6.92 Å². The van der Waals surface area contributed by atoms with Crippen LogP contribution in [0.25, 0.3) is 0 Å². The van der Waals surface area contributed by atoms with Gasteiger partial charge in [-0.1, -0.05) is 41.7 Å². The number of ether oxygens (including phenoxy) is 2. The van der Waals surface area contributed by atoms with Crippen LogP contribution in [0, 0.1) is 5.92 Å². The fraction of sp³-hybridized carbons (Fsp3) is 0.500. The largest absolute Gasteiger partial charge is 0.510 e. The lowest BCUT2D eigenvalue weighted by atomic mass is 10.1. The van der Waals surface area contributed by atoms with Crippen LogP contribution in [0.15, 0.2) is 12.1 Å². The second-order valence-corrected chi connectivity index (χ2v) is 6.92. The Kier molecular flexibility index (Phi) is 6.61. The SMILES string of the molecule is CCOC(=O)OC1CC(C)CN1C(=O)Cc1c(Cl)cc(Cl)cc1Cl. The van der Waals surface area contributed by atoms with E-state index in [1.807, 2.05) is 6.92 Å². The maximum atomic E-state index is 12.6. The molecule has 0 radical (unpaired) electrons. The predicted octanol–water partition coefficient (Wildman–Crippen LogP) is 4.56. The van der Waals surface area contributed by atoms with Gasteiger partial charge in [-0.15, -0.1) is 0 Å². The normalized spacial score (nSPS) is 20.1. The molecule has 0 spiro atoms. The molecule has 1 fully saturated rings. The number of halogens is 3. The number of hydrogen-bond acceptors (Lipinski definition) is 4. The Morgan fingerprint density at radius 1 is 1.25 bits per heavy atom. The summed E-state index contributed by atoms with van der Waals surface area (Å²) in [4.78, 5) is 25.7. The highest BCUT2D eigenvalue weighted by Crippen LogP contribution is 2.31. The molecule has 1 heterocycles.